The lowest BCUT2D eigenvalue weighted by Gasteiger charge is -2.17. The van der Waals surface area contributed by atoms with Crippen molar-refractivity contribution in [2.24, 2.45) is 0 Å². The maximum Gasteiger partial charge on any atom is 0.453 e. The van der Waals surface area contributed by atoms with Crippen LogP contribution in [0.4, 0.5) is 19.0 Å². The lowest BCUT2D eigenvalue weighted by atomic mass is 10.1. The summed E-state index contributed by atoms with van der Waals surface area (Å²) < 4.78 is 44.8. The van der Waals surface area contributed by atoms with Crippen LogP contribution in [0.25, 0.3) is 5.78 Å². The molecule has 24 heavy (non-hydrogen) atoms. The number of hydrogen-bond acceptors (Lipinski definition) is 6. The van der Waals surface area contributed by atoms with E-state index in [9.17, 15) is 18.3 Å². The van der Waals surface area contributed by atoms with Crippen LogP contribution in [0.1, 0.15) is 29.7 Å². The molecule has 3 aromatic rings. The second-order valence-corrected chi connectivity index (χ2v) is 5.15. The Labute approximate surface area is 134 Å². The van der Waals surface area contributed by atoms with Crippen molar-refractivity contribution < 1.29 is 22.7 Å². The minimum absolute atomic E-state index is 0.128. The zero-order valence-electron chi connectivity index (χ0n) is 12.6. The summed E-state index contributed by atoms with van der Waals surface area (Å²) >= 11 is 0. The lowest BCUT2D eigenvalue weighted by Crippen LogP contribution is -2.15. The third kappa shape index (κ3) is 3.18. The Kier molecular flexibility index (Phi) is 4.14. The molecule has 0 fully saturated rings. The normalized spacial score (nSPS) is 13.4. The van der Waals surface area contributed by atoms with E-state index < -0.39 is 18.0 Å². The van der Waals surface area contributed by atoms with Crippen molar-refractivity contribution >= 4 is 11.6 Å². The molecule has 0 saturated heterocycles. The monoisotopic (exact) mass is 341 g/mol. The molecular weight excluding hydrogens is 327 g/mol. The topological polar surface area (TPSA) is 88.5 Å². The standard InChI is InChI=1S/C14H14F3N5O2/c1-8-7-11(19-9(4-5-23)10-3-2-6-24-10)22-13(18-8)20-12(21-22)14(15,16)17/h2-3,6-7,9,19,23H,4-5H2,1H3. The Hall–Kier alpha value is -2.62. The van der Waals surface area contributed by atoms with E-state index in [1.165, 1.54) is 6.26 Å². The number of alkyl halides is 3. The molecule has 1 unspecified atom stereocenters. The molecule has 0 bridgehead atoms. The van der Waals surface area contributed by atoms with Gasteiger partial charge < -0.3 is 14.8 Å². The molecule has 3 heterocycles. The number of rotatable bonds is 5. The number of halogens is 3. The predicted octanol–water partition coefficient (Wildman–Crippen LogP) is 2.58. The molecule has 0 saturated carbocycles. The number of aryl methyl sites for hydroxylation is 1. The van der Waals surface area contributed by atoms with Gasteiger partial charge in [0.1, 0.15) is 11.6 Å². The number of aliphatic hydroxyl groups is 1. The Morgan fingerprint density at radius 1 is 1.38 bits per heavy atom. The molecule has 128 valence electrons. The van der Waals surface area contributed by atoms with Gasteiger partial charge in [0.15, 0.2) is 0 Å². The van der Waals surface area contributed by atoms with Gasteiger partial charge in [-0.15, -0.1) is 5.10 Å². The Balaban J connectivity index is 2.02. The van der Waals surface area contributed by atoms with Crippen LogP contribution in [0, 0.1) is 6.92 Å². The summed E-state index contributed by atoms with van der Waals surface area (Å²) in [4.78, 5) is 7.39. The molecule has 1 atom stereocenters. The van der Waals surface area contributed by atoms with Crippen LogP contribution in [0.2, 0.25) is 0 Å². The van der Waals surface area contributed by atoms with Crippen molar-refractivity contribution in [2.45, 2.75) is 25.6 Å². The molecule has 3 rings (SSSR count). The van der Waals surface area contributed by atoms with Crippen molar-refractivity contribution in [3.05, 3.63) is 41.7 Å². The van der Waals surface area contributed by atoms with Gasteiger partial charge in [0.25, 0.3) is 11.6 Å². The molecule has 0 aliphatic rings. The SMILES string of the molecule is Cc1cc(NC(CCO)c2ccco2)n2nc(C(F)(F)F)nc2n1. The van der Waals surface area contributed by atoms with Gasteiger partial charge in [-0.1, -0.05) is 0 Å². The van der Waals surface area contributed by atoms with Crippen LogP contribution in [0.5, 0.6) is 0 Å². The predicted molar refractivity (Wildman–Crippen MR) is 77.3 cm³/mol. The van der Waals surface area contributed by atoms with Gasteiger partial charge in [0, 0.05) is 18.4 Å². The van der Waals surface area contributed by atoms with E-state index in [1.807, 2.05) is 0 Å². The molecule has 7 nitrogen and oxygen atoms in total. The molecule has 0 spiro atoms. The lowest BCUT2D eigenvalue weighted by molar-refractivity contribution is -0.144. The highest BCUT2D eigenvalue weighted by Gasteiger charge is 2.37. The van der Waals surface area contributed by atoms with E-state index in [0.29, 0.717) is 17.9 Å². The van der Waals surface area contributed by atoms with Crippen LogP contribution >= 0.6 is 0 Å². The van der Waals surface area contributed by atoms with Gasteiger partial charge in [0.05, 0.1) is 12.3 Å². The fourth-order valence-electron chi connectivity index (χ4n) is 2.29. The van der Waals surface area contributed by atoms with Crippen LogP contribution in [0.15, 0.2) is 28.9 Å². The van der Waals surface area contributed by atoms with Crippen molar-refractivity contribution in [3.63, 3.8) is 0 Å². The fraction of sp³-hybridized carbons (Fsp3) is 0.357. The van der Waals surface area contributed by atoms with Crippen molar-refractivity contribution in [2.75, 3.05) is 11.9 Å². The minimum atomic E-state index is -4.66. The molecule has 0 aromatic carbocycles. The van der Waals surface area contributed by atoms with Crippen LogP contribution in [-0.4, -0.2) is 31.3 Å². The fourth-order valence-corrected chi connectivity index (χ4v) is 2.29. The van der Waals surface area contributed by atoms with Crippen molar-refractivity contribution in [3.8, 4) is 0 Å². The molecule has 0 amide bonds. The van der Waals surface area contributed by atoms with E-state index in [0.717, 1.165) is 4.52 Å². The van der Waals surface area contributed by atoms with Crippen molar-refractivity contribution in [1.82, 2.24) is 19.6 Å². The number of furan rings is 1. The first-order chi connectivity index (χ1) is 11.4. The molecule has 0 aliphatic heterocycles. The number of anilines is 1. The number of nitrogens with one attached hydrogen (secondary N) is 1. The largest absolute Gasteiger partial charge is 0.467 e. The maximum atomic E-state index is 12.8. The number of fused-ring (bicyclic) bond motifs is 1. The van der Waals surface area contributed by atoms with Gasteiger partial charge in [-0.25, -0.2) is 4.98 Å². The average Bonchev–Trinajstić information content (AvgIpc) is 3.15. The Morgan fingerprint density at radius 3 is 2.79 bits per heavy atom. The van der Waals surface area contributed by atoms with Crippen LogP contribution < -0.4 is 5.32 Å². The smallest absolute Gasteiger partial charge is 0.453 e. The molecule has 10 heteroatoms. The number of aromatic nitrogens is 4. The number of hydrogen-bond donors (Lipinski definition) is 2. The molecule has 2 N–H and O–H groups in total. The first kappa shape index (κ1) is 16.2. The van der Waals surface area contributed by atoms with Gasteiger partial charge >= 0.3 is 6.18 Å². The highest BCUT2D eigenvalue weighted by molar-refractivity contribution is 5.46. The quantitative estimate of drug-likeness (QED) is 0.741. The second-order valence-electron chi connectivity index (χ2n) is 5.15. The van der Waals surface area contributed by atoms with E-state index in [-0.39, 0.29) is 18.2 Å². The summed E-state index contributed by atoms with van der Waals surface area (Å²) in [6, 6.07) is 4.51. The second kappa shape index (κ2) is 6.11. The number of nitrogens with zero attached hydrogens (tertiary/aromatic N) is 4. The summed E-state index contributed by atoms with van der Waals surface area (Å²) in [7, 11) is 0. The zero-order chi connectivity index (χ0) is 17.3. The summed E-state index contributed by atoms with van der Waals surface area (Å²) in [5, 5.41) is 15.7. The first-order valence-electron chi connectivity index (χ1n) is 7.11. The molecular formula is C14H14F3N5O2. The minimum Gasteiger partial charge on any atom is -0.467 e. The molecule has 3 aromatic heterocycles. The van der Waals surface area contributed by atoms with E-state index >= 15 is 0 Å². The highest BCUT2D eigenvalue weighted by atomic mass is 19.4. The third-order valence-electron chi connectivity index (χ3n) is 3.32. The van der Waals surface area contributed by atoms with Crippen LogP contribution in [0.3, 0.4) is 0 Å². The van der Waals surface area contributed by atoms with Crippen LogP contribution in [-0.2, 0) is 6.18 Å². The van der Waals surface area contributed by atoms with E-state index in [1.54, 1.807) is 25.1 Å². The van der Waals surface area contributed by atoms with Gasteiger partial charge in [-0.2, -0.15) is 22.7 Å². The van der Waals surface area contributed by atoms with Crippen molar-refractivity contribution in [1.29, 1.82) is 0 Å². The number of aliphatic hydroxyl groups excluding tert-OH is 1. The Bertz CT molecular complexity index is 829. The first-order valence-corrected chi connectivity index (χ1v) is 7.11. The molecule has 0 radical (unpaired) electrons. The molecule has 0 aliphatic carbocycles. The van der Waals surface area contributed by atoms with E-state index in [4.69, 9.17) is 4.42 Å². The summed E-state index contributed by atoms with van der Waals surface area (Å²) in [6.07, 6.45) is -2.88. The maximum absolute atomic E-state index is 12.8. The van der Waals surface area contributed by atoms with Gasteiger partial charge in [-0.05, 0) is 25.5 Å². The average molecular weight is 341 g/mol. The highest BCUT2D eigenvalue weighted by Crippen LogP contribution is 2.28. The van der Waals surface area contributed by atoms with Gasteiger partial charge in [0.2, 0.25) is 0 Å². The summed E-state index contributed by atoms with van der Waals surface area (Å²) in [5.74, 6) is -0.606. The Morgan fingerprint density at radius 2 is 2.17 bits per heavy atom. The van der Waals surface area contributed by atoms with E-state index in [2.05, 4.69) is 20.4 Å². The zero-order valence-corrected chi connectivity index (χ0v) is 12.6. The summed E-state index contributed by atoms with van der Waals surface area (Å²) in [5.41, 5.74) is 0.480. The van der Waals surface area contributed by atoms with Gasteiger partial charge in [-0.3, -0.25) is 0 Å². The summed E-state index contributed by atoms with van der Waals surface area (Å²) in [6.45, 7) is 1.51. The third-order valence-corrected chi connectivity index (χ3v) is 3.32.